The lowest BCUT2D eigenvalue weighted by atomic mass is 9.54. The second-order valence-electron chi connectivity index (χ2n) is 8.88. The lowest BCUT2D eigenvalue weighted by Crippen LogP contribution is -2.54. The van der Waals surface area contributed by atoms with Gasteiger partial charge < -0.3 is 20.0 Å². The van der Waals surface area contributed by atoms with E-state index in [1.165, 1.54) is 19.3 Å². The van der Waals surface area contributed by atoms with Crippen molar-refractivity contribution in [3.8, 4) is 16.9 Å². The SMILES string of the molecule is CCN(c1cc2c(cc1SNO)-c1cc(C(=O)O)c(F)c(F)c1CO2)C1CC2(CCC2)C1. The van der Waals surface area contributed by atoms with Gasteiger partial charge in [0, 0.05) is 34.7 Å². The first-order valence-corrected chi connectivity index (χ1v) is 11.6. The number of carboxylic acids is 1. The molecule has 2 aromatic carbocycles. The van der Waals surface area contributed by atoms with Crippen molar-refractivity contribution in [2.75, 3.05) is 11.4 Å². The van der Waals surface area contributed by atoms with Gasteiger partial charge in [0.15, 0.2) is 11.6 Å². The zero-order valence-corrected chi connectivity index (χ0v) is 18.4. The molecular formula is C23H24F2N2O4S. The maximum Gasteiger partial charge on any atom is 0.338 e. The number of rotatable bonds is 6. The number of benzene rings is 2. The third-order valence-electron chi connectivity index (χ3n) is 7.26. The third kappa shape index (κ3) is 3.25. The summed E-state index contributed by atoms with van der Waals surface area (Å²) >= 11 is 1.01. The summed E-state index contributed by atoms with van der Waals surface area (Å²) in [5.41, 5.74) is 1.41. The average Bonchev–Trinajstić information content (AvgIpc) is 2.71. The maximum absolute atomic E-state index is 14.6. The molecule has 1 heterocycles. The number of hydrogen-bond donors (Lipinski definition) is 3. The fraction of sp³-hybridized carbons (Fsp3) is 0.435. The fourth-order valence-corrected chi connectivity index (χ4v) is 6.01. The molecule has 6 nitrogen and oxygen atoms in total. The number of ether oxygens (including phenoxy) is 1. The van der Waals surface area contributed by atoms with Crippen LogP contribution in [0.1, 0.15) is 54.9 Å². The van der Waals surface area contributed by atoms with E-state index in [1.54, 1.807) is 6.07 Å². The Labute approximate surface area is 188 Å². The van der Waals surface area contributed by atoms with Gasteiger partial charge in [-0.25, -0.2) is 13.6 Å². The highest BCUT2D eigenvalue weighted by atomic mass is 32.2. The molecule has 3 N–H and O–H groups in total. The van der Waals surface area contributed by atoms with Crippen LogP contribution in [0, 0.1) is 17.0 Å². The molecule has 2 aliphatic carbocycles. The smallest absolute Gasteiger partial charge is 0.338 e. The van der Waals surface area contributed by atoms with E-state index in [4.69, 9.17) is 4.74 Å². The van der Waals surface area contributed by atoms with E-state index in [-0.39, 0.29) is 17.7 Å². The highest BCUT2D eigenvalue weighted by Gasteiger charge is 2.50. The largest absolute Gasteiger partial charge is 0.488 e. The van der Waals surface area contributed by atoms with E-state index in [0.717, 1.165) is 43.1 Å². The molecule has 32 heavy (non-hydrogen) atoms. The monoisotopic (exact) mass is 462 g/mol. The summed E-state index contributed by atoms with van der Waals surface area (Å²) in [4.78, 5) is 16.5. The molecular weight excluding hydrogens is 438 g/mol. The number of carboxylic acid groups (broad SMARTS) is 1. The highest BCUT2D eigenvalue weighted by Crippen LogP contribution is 2.58. The summed E-state index contributed by atoms with van der Waals surface area (Å²) in [6.45, 7) is 2.67. The first-order valence-electron chi connectivity index (χ1n) is 10.8. The van der Waals surface area contributed by atoms with Gasteiger partial charge in [-0.2, -0.15) is 0 Å². The molecule has 9 heteroatoms. The number of aromatic carboxylic acids is 1. The van der Waals surface area contributed by atoms with Gasteiger partial charge in [0.2, 0.25) is 0 Å². The predicted octanol–water partition coefficient (Wildman–Crippen LogP) is 5.37. The van der Waals surface area contributed by atoms with Gasteiger partial charge in [0.25, 0.3) is 0 Å². The van der Waals surface area contributed by atoms with Gasteiger partial charge in [-0.1, -0.05) is 6.42 Å². The van der Waals surface area contributed by atoms with E-state index in [0.29, 0.717) is 27.7 Å². The van der Waals surface area contributed by atoms with Crippen molar-refractivity contribution in [1.29, 1.82) is 0 Å². The summed E-state index contributed by atoms with van der Waals surface area (Å²) in [7, 11) is 0. The van der Waals surface area contributed by atoms with Gasteiger partial charge in [-0.05, 0) is 67.7 Å². The van der Waals surface area contributed by atoms with Crippen LogP contribution in [0.2, 0.25) is 0 Å². The minimum atomic E-state index is -1.53. The van der Waals surface area contributed by atoms with Crippen molar-refractivity contribution in [1.82, 2.24) is 4.89 Å². The Balaban J connectivity index is 1.58. The van der Waals surface area contributed by atoms with E-state index in [2.05, 4.69) is 16.7 Å². The molecule has 2 fully saturated rings. The maximum atomic E-state index is 14.6. The normalized spacial score (nSPS) is 18.2. The Kier molecular flexibility index (Phi) is 5.30. The van der Waals surface area contributed by atoms with E-state index in [9.17, 15) is 23.9 Å². The molecule has 0 atom stereocenters. The lowest BCUT2D eigenvalue weighted by molar-refractivity contribution is 0.00892. The van der Waals surface area contributed by atoms with Crippen molar-refractivity contribution in [2.45, 2.75) is 56.6 Å². The quantitative estimate of drug-likeness (QED) is 0.393. The molecule has 5 rings (SSSR count). The predicted molar refractivity (Wildman–Crippen MR) is 116 cm³/mol. The van der Waals surface area contributed by atoms with Crippen LogP contribution in [-0.2, 0) is 6.61 Å². The molecule has 0 radical (unpaired) electrons. The number of nitrogens with zero attached hydrogens (tertiary/aromatic N) is 1. The minimum absolute atomic E-state index is 0.0149. The molecule has 0 aromatic heterocycles. The number of fused-ring (bicyclic) bond motifs is 3. The molecule has 0 unspecified atom stereocenters. The number of halogens is 2. The Hall–Kier alpha value is -2.36. The van der Waals surface area contributed by atoms with Crippen molar-refractivity contribution in [3.05, 3.63) is 41.0 Å². The van der Waals surface area contributed by atoms with Crippen molar-refractivity contribution >= 4 is 23.6 Å². The highest BCUT2D eigenvalue weighted by molar-refractivity contribution is 7.97. The molecule has 1 spiro atoms. The van der Waals surface area contributed by atoms with Crippen LogP contribution >= 0.6 is 11.9 Å². The first kappa shape index (κ1) is 21.5. The van der Waals surface area contributed by atoms with Crippen molar-refractivity contribution in [2.24, 2.45) is 5.41 Å². The van der Waals surface area contributed by atoms with Crippen LogP contribution in [0.4, 0.5) is 14.5 Å². The molecule has 0 amide bonds. The Morgan fingerprint density at radius 1 is 1.25 bits per heavy atom. The van der Waals surface area contributed by atoms with Gasteiger partial charge in [0.1, 0.15) is 12.4 Å². The van der Waals surface area contributed by atoms with E-state index in [1.807, 2.05) is 6.07 Å². The lowest BCUT2D eigenvalue weighted by Gasteiger charge is -2.57. The Bertz CT molecular complexity index is 1100. The summed E-state index contributed by atoms with van der Waals surface area (Å²) in [5.74, 6) is -3.65. The van der Waals surface area contributed by atoms with Gasteiger partial charge in [-0.15, -0.1) is 4.89 Å². The summed E-state index contributed by atoms with van der Waals surface area (Å²) in [6.07, 6.45) is 6.17. The van der Waals surface area contributed by atoms with Gasteiger partial charge in [-0.3, -0.25) is 0 Å². The molecule has 0 saturated heterocycles. The fourth-order valence-electron chi connectivity index (χ4n) is 5.46. The van der Waals surface area contributed by atoms with Crippen LogP contribution in [0.25, 0.3) is 11.1 Å². The second-order valence-corrected chi connectivity index (χ2v) is 9.71. The summed E-state index contributed by atoms with van der Waals surface area (Å²) in [6, 6.07) is 5.15. The van der Waals surface area contributed by atoms with Crippen LogP contribution in [0.15, 0.2) is 23.1 Å². The Morgan fingerprint density at radius 3 is 2.59 bits per heavy atom. The molecule has 3 aliphatic rings. The number of hydrogen-bond acceptors (Lipinski definition) is 6. The molecule has 0 bridgehead atoms. The van der Waals surface area contributed by atoms with Crippen molar-refractivity contribution < 1.29 is 28.6 Å². The van der Waals surface area contributed by atoms with Crippen LogP contribution in [0.5, 0.6) is 5.75 Å². The number of carbonyl (C=O) groups is 1. The summed E-state index contributed by atoms with van der Waals surface area (Å²) < 4.78 is 34.6. The van der Waals surface area contributed by atoms with Gasteiger partial charge in [0.05, 0.1) is 11.3 Å². The van der Waals surface area contributed by atoms with E-state index < -0.39 is 23.2 Å². The van der Waals surface area contributed by atoms with Crippen molar-refractivity contribution in [3.63, 3.8) is 0 Å². The summed E-state index contributed by atoms with van der Waals surface area (Å²) in [5, 5.41) is 18.7. The molecule has 2 saturated carbocycles. The topological polar surface area (TPSA) is 82.0 Å². The van der Waals surface area contributed by atoms with Gasteiger partial charge >= 0.3 is 5.97 Å². The zero-order chi connectivity index (χ0) is 22.6. The Morgan fingerprint density at radius 2 is 2.00 bits per heavy atom. The average molecular weight is 463 g/mol. The molecule has 2 aromatic rings. The van der Waals surface area contributed by atoms with Crippen LogP contribution in [0.3, 0.4) is 0 Å². The van der Waals surface area contributed by atoms with Crippen LogP contribution in [-0.4, -0.2) is 28.9 Å². The number of nitrogens with one attached hydrogen (secondary N) is 1. The standard InChI is InChI=1S/C23H24F2N2O4S/c1-2-27(12-9-23(10-12)4-3-5-23)17-8-18-14(7-19(17)32-26-30)13-6-15(22(28)29)20(24)21(25)16(13)11-31-18/h6-8,12,26,30H,2-5,9-11H2,1H3,(H,28,29). The third-order valence-corrected chi connectivity index (χ3v) is 7.90. The first-order chi connectivity index (χ1) is 15.4. The second kappa shape index (κ2) is 7.90. The zero-order valence-electron chi connectivity index (χ0n) is 17.6. The molecule has 1 aliphatic heterocycles. The molecule has 170 valence electrons. The minimum Gasteiger partial charge on any atom is -0.488 e. The number of anilines is 1. The van der Waals surface area contributed by atoms with E-state index >= 15 is 0 Å². The van der Waals surface area contributed by atoms with Crippen LogP contribution < -0.4 is 14.5 Å².